The SMILES string of the molecule is Cc1nc2c3ccccc3nc(SCC(=O)NCC3CC3)n2n1. The Bertz CT molecular complexity index is 887. The summed E-state index contributed by atoms with van der Waals surface area (Å²) in [4.78, 5) is 21.1. The molecule has 23 heavy (non-hydrogen) atoms. The molecule has 0 atom stereocenters. The van der Waals surface area contributed by atoms with Crippen LogP contribution in [0.25, 0.3) is 16.6 Å². The number of fused-ring (bicyclic) bond motifs is 3. The van der Waals surface area contributed by atoms with Crippen molar-refractivity contribution in [3.63, 3.8) is 0 Å². The van der Waals surface area contributed by atoms with Crippen molar-refractivity contribution in [2.75, 3.05) is 12.3 Å². The molecule has 1 aromatic carbocycles. The molecule has 118 valence electrons. The lowest BCUT2D eigenvalue weighted by Gasteiger charge is -2.06. The molecule has 0 radical (unpaired) electrons. The van der Waals surface area contributed by atoms with Gasteiger partial charge in [-0.15, -0.1) is 5.10 Å². The number of carbonyl (C=O) groups is 1. The number of nitrogens with zero attached hydrogens (tertiary/aromatic N) is 4. The van der Waals surface area contributed by atoms with Gasteiger partial charge in [0.2, 0.25) is 5.91 Å². The highest BCUT2D eigenvalue weighted by atomic mass is 32.2. The molecule has 1 fully saturated rings. The third-order valence-electron chi connectivity index (χ3n) is 3.87. The lowest BCUT2D eigenvalue weighted by Crippen LogP contribution is -2.27. The molecule has 0 aliphatic heterocycles. The monoisotopic (exact) mass is 327 g/mol. The van der Waals surface area contributed by atoms with Gasteiger partial charge in [0.15, 0.2) is 10.8 Å². The Morgan fingerprint density at radius 3 is 3.00 bits per heavy atom. The van der Waals surface area contributed by atoms with Crippen molar-refractivity contribution >= 4 is 34.2 Å². The lowest BCUT2D eigenvalue weighted by molar-refractivity contribution is -0.118. The smallest absolute Gasteiger partial charge is 0.230 e. The van der Waals surface area contributed by atoms with E-state index < -0.39 is 0 Å². The van der Waals surface area contributed by atoms with E-state index >= 15 is 0 Å². The van der Waals surface area contributed by atoms with Crippen LogP contribution in [0.2, 0.25) is 0 Å². The van der Waals surface area contributed by atoms with E-state index in [9.17, 15) is 4.79 Å². The van der Waals surface area contributed by atoms with Crippen molar-refractivity contribution in [1.29, 1.82) is 0 Å². The molecule has 4 rings (SSSR count). The molecular weight excluding hydrogens is 310 g/mol. The topological polar surface area (TPSA) is 72.2 Å². The number of nitrogens with one attached hydrogen (secondary N) is 1. The van der Waals surface area contributed by atoms with Gasteiger partial charge in [-0.1, -0.05) is 23.9 Å². The van der Waals surface area contributed by atoms with Crippen LogP contribution in [0.5, 0.6) is 0 Å². The summed E-state index contributed by atoms with van der Waals surface area (Å²) >= 11 is 1.40. The third-order valence-corrected chi connectivity index (χ3v) is 4.80. The fraction of sp³-hybridized carbons (Fsp3) is 0.375. The molecule has 1 aliphatic rings. The average Bonchev–Trinajstić information content (AvgIpc) is 3.30. The van der Waals surface area contributed by atoms with E-state index in [1.165, 1.54) is 24.6 Å². The summed E-state index contributed by atoms with van der Waals surface area (Å²) in [6, 6.07) is 7.86. The average molecular weight is 327 g/mol. The molecule has 1 amide bonds. The Morgan fingerprint density at radius 2 is 2.17 bits per heavy atom. The predicted octanol–water partition coefficient (Wildman–Crippen LogP) is 2.20. The summed E-state index contributed by atoms with van der Waals surface area (Å²) in [5, 5.41) is 9.05. The second-order valence-electron chi connectivity index (χ2n) is 5.84. The number of hydrogen-bond acceptors (Lipinski definition) is 5. The van der Waals surface area contributed by atoms with Gasteiger partial charge in [-0.05, 0) is 37.8 Å². The van der Waals surface area contributed by atoms with Crippen LogP contribution in [0.3, 0.4) is 0 Å². The van der Waals surface area contributed by atoms with Gasteiger partial charge < -0.3 is 5.32 Å². The first-order valence-corrected chi connectivity index (χ1v) is 8.71. The lowest BCUT2D eigenvalue weighted by atomic mass is 10.2. The molecule has 7 heteroatoms. The first kappa shape index (κ1) is 14.4. The zero-order valence-electron chi connectivity index (χ0n) is 12.8. The number of thioether (sulfide) groups is 1. The minimum Gasteiger partial charge on any atom is -0.355 e. The summed E-state index contributed by atoms with van der Waals surface area (Å²) in [6.45, 7) is 2.65. The largest absolute Gasteiger partial charge is 0.355 e. The van der Waals surface area contributed by atoms with E-state index in [-0.39, 0.29) is 5.91 Å². The molecule has 1 saturated carbocycles. The molecule has 0 unspecified atom stereocenters. The highest BCUT2D eigenvalue weighted by molar-refractivity contribution is 7.99. The van der Waals surface area contributed by atoms with Gasteiger partial charge in [-0.3, -0.25) is 4.79 Å². The van der Waals surface area contributed by atoms with Crippen LogP contribution in [0, 0.1) is 12.8 Å². The number of hydrogen-bond donors (Lipinski definition) is 1. The minimum atomic E-state index is 0.0434. The van der Waals surface area contributed by atoms with Crippen molar-refractivity contribution < 1.29 is 4.79 Å². The molecule has 1 aliphatic carbocycles. The molecule has 6 nitrogen and oxygen atoms in total. The number of aryl methyl sites for hydroxylation is 1. The number of rotatable bonds is 5. The second-order valence-corrected chi connectivity index (χ2v) is 6.78. The maximum atomic E-state index is 11.9. The quantitative estimate of drug-likeness (QED) is 0.574. The van der Waals surface area contributed by atoms with E-state index in [4.69, 9.17) is 0 Å². The number of para-hydroxylation sites is 1. The fourth-order valence-corrected chi connectivity index (χ4v) is 3.26. The van der Waals surface area contributed by atoms with Crippen molar-refractivity contribution in [3.05, 3.63) is 30.1 Å². The van der Waals surface area contributed by atoms with Crippen LogP contribution < -0.4 is 5.32 Å². The van der Waals surface area contributed by atoms with E-state index in [1.54, 1.807) is 4.52 Å². The molecular formula is C16H17N5OS. The van der Waals surface area contributed by atoms with Crippen LogP contribution in [0.1, 0.15) is 18.7 Å². The first-order valence-electron chi connectivity index (χ1n) is 7.72. The highest BCUT2D eigenvalue weighted by Gasteiger charge is 2.21. The molecule has 1 N–H and O–H groups in total. The van der Waals surface area contributed by atoms with Gasteiger partial charge in [0.25, 0.3) is 0 Å². The summed E-state index contributed by atoms with van der Waals surface area (Å²) in [6.07, 6.45) is 2.47. The third kappa shape index (κ3) is 3.01. The normalized spacial score (nSPS) is 14.5. The van der Waals surface area contributed by atoms with Crippen molar-refractivity contribution in [1.82, 2.24) is 24.9 Å². The van der Waals surface area contributed by atoms with Gasteiger partial charge in [0, 0.05) is 11.9 Å². The van der Waals surface area contributed by atoms with Crippen molar-refractivity contribution in [2.45, 2.75) is 24.9 Å². The minimum absolute atomic E-state index is 0.0434. The van der Waals surface area contributed by atoms with Crippen LogP contribution >= 0.6 is 11.8 Å². The second kappa shape index (κ2) is 5.81. The zero-order valence-corrected chi connectivity index (χ0v) is 13.6. The predicted molar refractivity (Wildman–Crippen MR) is 89.5 cm³/mol. The van der Waals surface area contributed by atoms with Crippen LogP contribution in [0.4, 0.5) is 0 Å². The Balaban J connectivity index is 1.60. The van der Waals surface area contributed by atoms with E-state index in [2.05, 4.69) is 20.4 Å². The number of carbonyl (C=O) groups excluding carboxylic acids is 1. The van der Waals surface area contributed by atoms with Crippen molar-refractivity contribution in [3.8, 4) is 0 Å². The van der Waals surface area contributed by atoms with Crippen LogP contribution in [0.15, 0.2) is 29.4 Å². The van der Waals surface area contributed by atoms with Gasteiger partial charge in [-0.25, -0.2) is 9.97 Å². The Morgan fingerprint density at radius 1 is 1.35 bits per heavy atom. The van der Waals surface area contributed by atoms with Gasteiger partial charge in [0.1, 0.15) is 5.82 Å². The summed E-state index contributed by atoms with van der Waals surface area (Å²) in [7, 11) is 0. The summed E-state index contributed by atoms with van der Waals surface area (Å²) in [5.41, 5.74) is 1.65. The molecule has 2 heterocycles. The van der Waals surface area contributed by atoms with E-state index in [0.29, 0.717) is 22.7 Å². The molecule has 0 spiro atoms. The van der Waals surface area contributed by atoms with E-state index in [1.807, 2.05) is 31.2 Å². The Hall–Kier alpha value is -2.15. The number of benzene rings is 1. The Kier molecular flexibility index (Phi) is 3.65. The number of aromatic nitrogens is 4. The molecule has 3 aromatic rings. The molecule has 0 bridgehead atoms. The van der Waals surface area contributed by atoms with Gasteiger partial charge in [-0.2, -0.15) is 4.52 Å². The fourth-order valence-electron chi connectivity index (χ4n) is 2.49. The van der Waals surface area contributed by atoms with Crippen molar-refractivity contribution in [2.24, 2.45) is 5.92 Å². The molecule has 0 saturated heterocycles. The van der Waals surface area contributed by atoms with Gasteiger partial charge >= 0.3 is 0 Å². The maximum Gasteiger partial charge on any atom is 0.230 e. The van der Waals surface area contributed by atoms with Crippen LogP contribution in [-0.2, 0) is 4.79 Å². The number of amides is 1. The molecule has 2 aromatic heterocycles. The van der Waals surface area contributed by atoms with E-state index in [0.717, 1.165) is 23.1 Å². The Labute approximate surface area is 137 Å². The van der Waals surface area contributed by atoms with Gasteiger partial charge in [0.05, 0.1) is 11.3 Å². The highest BCUT2D eigenvalue weighted by Crippen LogP contribution is 2.27. The zero-order chi connectivity index (χ0) is 15.8. The maximum absolute atomic E-state index is 11.9. The summed E-state index contributed by atoms with van der Waals surface area (Å²) < 4.78 is 1.73. The standard InChI is InChI=1S/C16H17N5OS/c1-10-18-15-12-4-2-3-5-13(12)19-16(21(15)20-10)23-9-14(22)17-8-11-6-7-11/h2-5,11H,6-9H2,1H3,(H,17,22). The van der Waals surface area contributed by atoms with Crippen LogP contribution in [-0.4, -0.2) is 37.8 Å². The summed E-state index contributed by atoms with van der Waals surface area (Å²) in [5.74, 6) is 1.77. The first-order chi connectivity index (χ1) is 11.2.